The van der Waals surface area contributed by atoms with E-state index >= 15 is 0 Å². The minimum absolute atomic E-state index is 0.0988. The van der Waals surface area contributed by atoms with Crippen molar-refractivity contribution < 1.29 is 9.59 Å². The van der Waals surface area contributed by atoms with Gasteiger partial charge in [-0.3, -0.25) is 9.59 Å². The topological polar surface area (TPSA) is 37.4 Å². The number of carbonyl (C=O) groups excluding carboxylic acids is 2. The molecule has 0 saturated carbocycles. The Morgan fingerprint density at radius 2 is 1.33 bits per heavy atom. The van der Waals surface area contributed by atoms with Gasteiger partial charge in [-0.2, -0.15) is 0 Å². The van der Waals surface area contributed by atoms with Gasteiger partial charge in [-0.1, -0.05) is 64.5 Å². The van der Waals surface area contributed by atoms with Gasteiger partial charge in [-0.05, 0) is 48.8 Å². The summed E-state index contributed by atoms with van der Waals surface area (Å²) in [4.78, 5) is 26.1. The highest BCUT2D eigenvalue weighted by Gasteiger charge is 2.15. The maximum absolute atomic E-state index is 12.0. The summed E-state index contributed by atoms with van der Waals surface area (Å²) in [5.41, 5.74) is 2.52. The molecule has 0 radical (unpaired) electrons. The minimum Gasteiger partial charge on any atom is -0.372 e. The summed E-state index contributed by atoms with van der Waals surface area (Å²) in [6, 6.07) is 8.12. The Morgan fingerprint density at radius 3 is 1.89 bits per heavy atom. The summed E-state index contributed by atoms with van der Waals surface area (Å²) < 4.78 is 0. The third-order valence-electron chi connectivity index (χ3n) is 5.06. The minimum atomic E-state index is -0.123. The van der Waals surface area contributed by atoms with E-state index in [1.54, 1.807) is 0 Å². The molecule has 146 valence electrons. The SMILES string of the molecule is CCCCCCN(CCCCCC)c1ccc(C2=CC(=O)C=CC2=O)cc1. The predicted octanol–water partition coefficient (Wildman–Crippen LogP) is 5.75. The molecule has 0 heterocycles. The van der Waals surface area contributed by atoms with Crippen LogP contribution in [0.5, 0.6) is 0 Å². The van der Waals surface area contributed by atoms with E-state index in [0.29, 0.717) is 5.57 Å². The third-order valence-corrected chi connectivity index (χ3v) is 5.06. The highest BCUT2D eigenvalue weighted by molar-refractivity contribution is 6.33. The third kappa shape index (κ3) is 6.82. The summed E-state index contributed by atoms with van der Waals surface area (Å²) in [7, 11) is 0. The number of allylic oxidation sites excluding steroid dienone is 4. The Labute approximate surface area is 164 Å². The van der Waals surface area contributed by atoms with Crippen molar-refractivity contribution in [2.45, 2.75) is 65.2 Å². The molecule has 1 aliphatic rings. The normalized spacial score (nSPS) is 13.8. The van der Waals surface area contributed by atoms with Crippen LogP contribution in [-0.2, 0) is 9.59 Å². The average Bonchev–Trinajstić information content (AvgIpc) is 2.69. The van der Waals surface area contributed by atoms with Gasteiger partial charge in [-0.15, -0.1) is 0 Å². The second kappa shape index (κ2) is 11.5. The van der Waals surface area contributed by atoms with Crippen LogP contribution in [0.25, 0.3) is 5.57 Å². The Hall–Kier alpha value is -2.16. The summed E-state index contributed by atoms with van der Waals surface area (Å²) in [6.07, 6.45) is 14.2. The van der Waals surface area contributed by atoms with Crippen LogP contribution in [0.1, 0.15) is 70.8 Å². The van der Waals surface area contributed by atoms with Crippen LogP contribution in [0.3, 0.4) is 0 Å². The Morgan fingerprint density at radius 1 is 0.741 bits per heavy atom. The first-order valence-electron chi connectivity index (χ1n) is 10.5. The molecule has 1 aliphatic carbocycles. The van der Waals surface area contributed by atoms with Gasteiger partial charge in [0.05, 0.1) is 0 Å². The Bertz CT molecular complexity index is 658. The number of anilines is 1. The first kappa shape index (κ1) is 21.1. The molecule has 3 nitrogen and oxygen atoms in total. The molecule has 0 unspecified atom stereocenters. The van der Waals surface area contributed by atoms with Gasteiger partial charge >= 0.3 is 0 Å². The molecule has 0 aromatic heterocycles. The van der Waals surface area contributed by atoms with E-state index in [2.05, 4.69) is 30.9 Å². The highest BCUT2D eigenvalue weighted by Crippen LogP contribution is 2.24. The molecule has 1 aromatic rings. The maximum atomic E-state index is 12.0. The van der Waals surface area contributed by atoms with Crippen molar-refractivity contribution >= 4 is 22.8 Å². The van der Waals surface area contributed by atoms with E-state index in [4.69, 9.17) is 0 Å². The first-order valence-corrected chi connectivity index (χ1v) is 10.5. The zero-order valence-electron chi connectivity index (χ0n) is 16.9. The molecule has 0 atom stereocenters. The molecule has 1 aromatic carbocycles. The number of hydrogen-bond donors (Lipinski definition) is 0. The molecule has 0 bridgehead atoms. The van der Waals surface area contributed by atoms with E-state index in [1.807, 2.05) is 12.1 Å². The Balaban J connectivity index is 2.05. The molecule has 0 aliphatic heterocycles. The van der Waals surface area contributed by atoms with Crippen molar-refractivity contribution in [2.75, 3.05) is 18.0 Å². The predicted molar refractivity (Wildman–Crippen MR) is 114 cm³/mol. The lowest BCUT2D eigenvalue weighted by atomic mass is 9.96. The largest absolute Gasteiger partial charge is 0.372 e. The van der Waals surface area contributed by atoms with Crippen LogP contribution in [0, 0.1) is 0 Å². The molecule has 27 heavy (non-hydrogen) atoms. The summed E-state index contributed by atoms with van der Waals surface area (Å²) in [6.45, 7) is 6.63. The molecule has 0 spiro atoms. The number of hydrogen-bond acceptors (Lipinski definition) is 3. The van der Waals surface area contributed by atoms with Crippen molar-refractivity contribution in [3.8, 4) is 0 Å². The summed E-state index contributed by atoms with van der Waals surface area (Å²) in [5.74, 6) is -0.222. The Kier molecular flexibility index (Phi) is 9.03. The van der Waals surface area contributed by atoms with Gasteiger partial charge in [0, 0.05) is 24.4 Å². The van der Waals surface area contributed by atoms with Gasteiger partial charge in [0.2, 0.25) is 0 Å². The quantitative estimate of drug-likeness (QED) is 0.349. The van der Waals surface area contributed by atoms with Crippen LogP contribution in [0.4, 0.5) is 5.69 Å². The molecule has 2 rings (SSSR count). The van der Waals surface area contributed by atoms with Crippen LogP contribution < -0.4 is 4.90 Å². The summed E-state index contributed by atoms with van der Waals surface area (Å²) >= 11 is 0. The molecule has 0 N–H and O–H groups in total. The molecule has 0 amide bonds. The molecule has 3 heteroatoms. The van der Waals surface area contributed by atoms with Gasteiger partial charge in [-0.25, -0.2) is 0 Å². The monoisotopic (exact) mass is 367 g/mol. The highest BCUT2D eigenvalue weighted by atomic mass is 16.1. The molecular weight excluding hydrogens is 334 g/mol. The zero-order chi connectivity index (χ0) is 19.5. The number of rotatable bonds is 12. The van der Waals surface area contributed by atoms with Crippen molar-refractivity contribution in [3.05, 3.63) is 48.1 Å². The number of carbonyl (C=O) groups is 2. The zero-order valence-corrected chi connectivity index (χ0v) is 16.9. The van der Waals surface area contributed by atoms with Crippen molar-refractivity contribution in [2.24, 2.45) is 0 Å². The lowest BCUT2D eigenvalue weighted by Crippen LogP contribution is -2.25. The number of unbranched alkanes of at least 4 members (excludes halogenated alkanes) is 6. The van der Waals surface area contributed by atoms with E-state index in [1.165, 1.54) is 75.3 Å². The van der Waals surface area contributed by atoms with Crippen LogP contribution in [0.15, 0.2) is 42.5 Å². The molecule has 0 saturated heterocycles. The van der Waals surface area contributed by atoms with E-state index in [0.717, 1.165) is 18.7 Å². The van der Waals surface area contributed by atoms with E-state index in [-0.39, 0.29) is 11.6 Å². The second-order valence-electron chi connectivity index (χ2n) is 7.31. The molecular formula is C24H33NO2. The number of nitrogens with zero attached hydrogens (tertiary/aromatic N) is 1. The smallest absolute Gasteiger partial charge is 0.186 e. The molecule has 0 fully saturated rings. The lowest BCUT2D eigenvalue weighted by molar-refractivity contribution is -0.113. The van der Waals surface area contributed by atoms with Crippen LogP contribution in [-0.4, -0.2) is 24.7 Å². The van der Waals surface area contributed by atoms with E-state index in [9.17, 15) is 9.59 Å². The second-order valence-corrected chi connectivity index (χ2v) is 7.31. The fraction of sp³-hybridized carbons (Fsp3) is 0.500. The fourth-order valence-electron chi connectivity index (χ4n) is 3.42. The summed E-state index contributed by atoms with van der Waals surface area (Å²) in [5, 5.41) is 0. The number of ketones is 2. The lowest BCUT2D eigenvalue weighted by Gasteiger charge is -2.25. The van der Waals surface area contributed by atoms with Crippen LogP contribution in [0.2, 0.25) is 0 Å². The van der Waals surface area contributed by atoms with Gasteiger partial charge in [0.25, 0.3) is 0 Å². The van der Waals surface area contributed by atoms with Gasteiger partial charge in [0.1, 0.15) is 0 Å². The number of benzene rings is 1. The van der Waals surface area contributed by atoms with Gasteiger partial charge < -0.3 is 4.90 Å². The van der Waals surface area contributed by atoms with Crippen LogP contribution >= 0.6 is 0 Å². The average molecular weight is 368 g/mol. The standard InChI is InChI=1S/C24H33NO2/c1-3-5-7-9-17-25(18-10-8-6-4-2)21-13-11-20(12-14-21)23-19-22(26)15-16-24(23)27/h11-16,19H,3-10,17-18H2,1-2H3. The van der Waals surface area contributed by atoms with Crippen molar-refractivity contribution in [1.29, 1.82) is 0 Å². The van der Waals surface area contributed by atoms with Crippen molar-refractivity contribution in [3.63, 3.8) is 0 Å². The van der Waals surface area contributed by atoms with Gasteiger partial charge in [0.15, 0.2) is 11.6 Å². The first-order chi connectivity index (χ1) is 13.2. The van der Waals surface area contributed by atoms with Crippen molar-refractivity contribution in [1.82, 2.24) is 0 Å². The fourth-order valence-corrected chi connectivity index (χ4v) is 3.42. The maximum Gasteiger partial charge on any atom is 0.186 e. The van der Waals surface area contributed by atoms with E-state index < -0.39 is 0 Å².